The summed E-state index contributed by atoms with van der Waals surface area (Å²) >= 11 is 1.42. The number of thioether (sulfide) groups is 1. The van der Waals surface area contributed by atoms with Crippen molar-refractivity contribution in [1.29, 1.82) is 0 Å². The number of methoxy groups -OCH3 is 1. The van der Waals surface area contributed by atoms with Gasteiger partial charge in [-0.2, -0.15) is 4.98 Å². The van der Waals surface area contributed by atoms with Crippen LogP contribution in [-0.4, -0.2) is 26.8 Å². The Hall–Kier alpha value is -3.13. The molecule has 154 valence electrons. The lowest BCUT2D eigenvalue weighted by atomic mass is 10.2. The number of fused-ring (bicyclic) bond motifs is 1. The predicted octanol–water partition coefficient (Wildman–Crippen LogP) is 4.55. The van der Waals surface area contributed by atoms with E-state index < -0.39 is 0 Å². The van der Waals surface area contributed by atoms with Gasteiger partial charge >= 0.3 is 0 Å². The second-order valence-electron chi connectivity index (χ2n) is 6.72. The normalized spacial score (nSPS) is 11.1. The minimum absolute atomic E-state index is 0.0169. The lowest BCUT2D eigenvalue weighted by molar-refractivity contribution is 0.390. The van der Waals surface area contributed by atoms with Crippen molar-refractivity contribution < 1.29 is 9.26 Å². The monoisotopic (exact) mass is 422 g/mol. The first-order chi connectivity index (χ1) is 14.7. The highest BCUT2D eigenvalue weighted by atomic mass is 32.2. The number of ether oxygens (including phenoxy) is 1. The number of benzene rings is 2. The van der Waals surface area contributed by atoms with Crippen LogP contribution in [0.4, 0.5) is 0 Å². The fourth-order valence-corrected chi connectivity index (χ4v) is 4.01. The van der Waals surface area contributed by atoms with E-state index in [1.807, 2.05) is 48.5 Å². The molecule has 0 aliphatic rings. The van der Waals surface area contributed by atoms with Crippen molar-refractivity contribution in [1.82, 2.24) is 19.7 Å². The van der Waals surface area contributed by atoms with Gasteiger partial charge in [0.2, 0.25) is 11.7 Å². The van der Waals surface area contributed by atoms with E-state index in [4.69, 9.17) is 14.2 Å². The highest BCUT2D eigenvalue weighted by Gasteiger charge is 2.16. The Kier molecular flexibility index (Phi) is 6.13. The van der Waals surface area contributed by atoms with E-state index >= 15 is 0 Å². The van der Waals surface area contributed by atoms with Gasteiger partial charge in [-0.15, -0.1) is 0 Å². The van der Waals surface area contributed by atoms with Gasteiger partial charge in [0.05, 0.1) is 29.3 Å². The van der Waals surface area contributed by atoms with Crippen molar-refractivity contribution in [3.05, 3.63) is 64.8 Å². The fraction of sp³-hybridized carbons (Fsp3) is 0.273. The maximum atomic E-state index is 13.0. The molecule has 4 rings (SSSR count). The van der Waals surface area contributed by atoms with Crippen molar-refractivity contribution in [3.63, 3.8) is 0 Å². The summed E-state index contributed by atoms with van der Waals surface area (Å²) in [6, 6.07) is 14.9. The molecule has 0 aliphatic heterocycles. The Labute approximate surface area is 178 Å². The summed E-state index contributed by atoms with van der Waals surface area (Å²) in [5.41, 5.74) is 1.44. The summed E-state index contributed by atoms with van der Waals surface area (Å²) in [7, 11) is 1.61. The second kappa shape index (κ2) is 9.13. The highest BCUT2D eigenvalue weighted by Crippen LogP contribution is 2.28. The first-order valence-corrected chi connectivity index (χ1v) is 10.8. The van der Waals surface area contributed by atoms with Gasteiger partial charge in [0.1, 0.15) is 5.75 Å². The molecule has 2 aromatic heterocycles. The number of aromatic nitrogens is 4. The minimum Gasteiger partial charge on any atom is -0.496 e. The summed E-state index contributed by atoms with van der Waals surface area (Å²) in [4.78, 5) is 22.2. The molecule has 0 saturated carbocycles. The molecule has 7 nitrogen and oxygen atoms in total. The first-order valence-electron chi connectivity index (χ1n) is 9.79. The molecular weight excluding hydrogens is 400 g/mol. The topological polar surface area (TPSA) is 83.0 Å². The van der Waals surface area contributed by atoms with Crippen molar-refractivity contribution in [2.45, 2.75) is 37.2 Å². The maximum absolute atomic E-state index is 13.0. The van der Waals surface area contributed by atoms with Gasteiger partial charge in [0, 0.05) is 6.54 Å². The quantitative estimate of drug-likeness (QED) is 0.304. The summed E-state index contributed by atoms with van der Waals surface area (Å²) in [5.74, 6) is 2.03. The summed E-state index contributed by atoms with van der Waals surface area (Å²) in [6.07, 6.45) is 1.90. The van der Waals surface area contributed by atoms with E-state index in [0.717, 1.165) is 18.4 Å². The molecule has 8 heteroatoms. The number of hydrogen-bond acceptors (Lipinski definition) is 7. The number of rotatable bonds is 8. The van der Waals surface area contributed by atoms with Gasteiger partial charge < -0.3 is 9.26 Å². The van der Waals surface area contributed by atoms with Crippen LogP contribution in [-0.2, 0) is 12.3 Å². The van der Waals surface area contributed by atoms with E-state index in [2.05, 4.69) is 17.1 Å². The van der Waals surface area contributed by atoms with Crippen LogP contribution in [0.15, 0.2) is 63.0 Å². The third-order valence-corrected chi connectivity index (χ3v) is 5.66. The van der Waals surface area contributed by atoms with E-state index in [-0.39, 0.29) is 5.56 Å². The number of nitrogens with zero attached hydrogens (tertiary/aromatic N) is 4. The van der Waals surface area contributed by atoms with Crippen LogP contribution in [0.3, 0.4) is 0 Å². The molecule has 0 amide bonds. The molecule has 0 bridgehead atoms. The van der Waals surface area contributed by atoms with E-state index in [9.17, 15) is 4.79 Å². The van der Waals surface area contributed by atoms with Crippen LogP contribution >= 0.6 is 11.8 Å². The fourth-order valence-electron chi connectivity index (χ4n) is 3.15. The van der Waals surface area contributed by atoms with Gasteiger partial charge in [-0.1, -0.05) is 54.5 Å². The lowest BCUT2D eigenvalue weighted by Crippen LogP contribution is -2.23. The number of para-hydroxylation sites is 2. The van der Waals surface area contributed by atoms with Crippen LogP contribution in [0, 0.1) is 0 Å². The minimum atomic E-state index is -0.0169. The molecule has 2 heterocycles. The molecule has 0 N–H and O–H groups in total. The third-order valence-electron chi connectivity index (χ3n) is 4.70. The Morgan fingerprint density at radius 1 is 1.10 bits per heavy atom. The number of unbranched alkanes of at least 4 members (excludes halogenated alkanes) is 1. The molecule has 30 heavy (non-hydrogen) atoms. The largest absolute Gasteiger partial charge is 0.496 e. The van der Waals surface area contributed by atoms with Crippen molar-refractivity contribution in [3.8, 4) is 17.1 Å². The smallest absolute Gasteiger partial charge is 0.262 e. The van der Waals surface area contributed by atoms with E-state index in [0.29, 0.717) is 45.8 Å². The van der Waals surface area contributed by atoms with Crippen molar-refractivity contribution in [2.24, 2.45) is 0 Å². The van der Waals surface area contributed by atoms with Gasteiger partial charge in [-0.25, -0.2) is 4.98 Å². The predicted molar refractivity (Wildman–Crippen MR) is 117 cm³/mol. The highest BCUT2D eigenvalue weighted by molar-refractivity contribution is 7.98. The van der Waals surface area contributed by atoms with Crippen LogP contribution in [0.25, 0.3) is 22.3 Å². The van der Waals surface area contributed by atoms with Gasteiger partial charge in [-0.3, -0.25) is 9.36 Å². The standard InChI is InChI=1S/C22H22N4O3S/c1-3-4-13-26-21(27)15-9-5-7-11-17(15)23-22(26)30-14-19-24-20(25-29-19)16-10-6-8-12-18(16)28-2/h5-12H,3-4,13-14H2,1-2H3. The van der Waals surface area contributed by atoms with Crippen LogP contribution < -0.4 is 10.3 Å². The van der Waals surface area contributed by atoms with E-state index in [1.54, 1.807) is 11.7 Å². The molecule has 4 aromatic rings. The summed E-state index contributed by atoms with van der Waals surface area (Å²) < 4.78 is 12.5. The van der Waals surface area contributed by atoms with E-state index in [1.165, 1.54) is 11.8 Å². The summed E-state index contributed by atoms with van der Waals surface area (Å²) in [6.45, 7) is 2.73. The Balaban J connectivity index is 1.61. The third kappa shape index (κ3) is 4.09. The average molecular weight is 423 g/mol. The molecular formula is C22H22N4O3S. The van der Waals surface area contributed by atoms with Crippen LogP contribution in [0.1, 0.15) is 25.7 Å². The SMILES string of the molecule is CCCCn1c(SCc2nc(-c3ccccc3OC)no2)nc2ccccc2c1=O. The van der Waals surface area contributed by atoms with Crippen LogP contribution in [0.5, 0.6) is 5.75 Å². The summed E-state index contributed by atoms with van der Waals surface area (Å²) in [5, 5.41) is 5.37. The van der Waals surface area contributed by atoms with Gasteiger partial charge in [-0.05, 0) is 30.7 Å². The zero-order valence-corrected chi connectivity index (χ0v) is 17.7. The Morgan fingerprint density at radius 2 is 1.90 bits per heavy atom. The Bertz CT molecular complexity index is 1220. The zero-order valence-electron chi connectivity index (χ0n) is 16.9. The Morgan fingerprint density at radius 3 is 2.73 bits per heavy atom. The molecule has 0 spiro atoms. The average Bonchev–Trinajstić information content (AvgIpc) is 3.26. The molecule has 0 radical (unpaired) electrons. The molecule has 0 atom stereocenters. The zero-order chi connectivity index (χ0) is 20.9. The lowest BCUT2D eigenvalue weighted by Gasteiger charge is -2.12. The van der Waals surface area contributed by atoms with Gasteiger partial charge in [0.15, 0.2) is 5.16 Å². The molecule has 0 fully saturated rings. The first kappa shape index (κ1) is 20.2. The maximum Gasteiger partial charge on any atom is 0.262 e. The molecule has 0 unspecified atom stereocenters. The van der Waals surface area contributed by atoms with Gasteiger partial charge in [0.25, 0.3) is 5.56 Å². The number of hydrogen-bond donors (Lipinski definition) is 0. The van der Waals surface area contributed by atoms with Crippen LogP contribution in [0.2, 0.25) is 0 Å². The van der Waals surface area contributed by atoms with Crippen molar-refractivity contribution >= 4 is 22.7 Å². The second-order valence-corrected chi connectivity index (χ2v) is 7.67. The molecule has 0 saturated heterocycles. The molecule has 2 aromatic carbocycles. The van der Waals surface area contributed by atoms with Crippen molar-refractivity contribution in [2.75, 3.05) is 7.11 Å². The molecule has 0 aliphatic carbocycles.